The van der Waals surface area contributed by atoms with Crippen molar-refractivity contribution in [1.29, 1.82) is 0 Å². The number of carbonyl (C=O) groups excluding carboxylic acids is 1. The summed E-state index contributed by atoms with van der Waals surface area (Å²) in [5, 5.41) is 13.0. The third-order valence-corrected chi connectivity index (χ3v) is 7.48. The minimum Gasteiger partial charge on any atom is -0.475 e. The van der Waals surface area contributed by atoms with E-state index in [1.165, 1.54) is 17.3 Å². The fourth-order valence-electron chi connectivity index (χ4n) is 4.87. The number of rotatable bonds is 4. The molecule has 1 aromatic carbocycles. The molecule has 0 radical (unpaired) electrons. The zero-order chi connectivity index (χ0) is 20.9. The Morgan fingerprint density at radius 3 is 3.13 bits per heavy atom. The van der Waals surface area contributed by atoms with Crippen molar-refractivity contribution in [1.82, 2.24) is 9.78 Å². The first-order chi connectivity index (χ1) is 14.5. The third-order valence-electron chi connectivity index (χ3n) is 6.13. The van der Waals surface area contributed by atoms with Crippen molar-refractivity contribution in [2.45, 2.75) is 49.5 Å². The molecule has 2 amide bonds. The zero-order valence-corrected chi connectivity index (χ0v) is 17.7. The van der Waals surface area contributed by atoms with Crippen LogP contribution in [0.3, 0.4) is 0 Å². The number of ether oxygens (including phenoxy) is 2. The maximum Gasteiger partial charge on any atom is 0.354 e. The summed E-state index contributed by atoms with van der Waals surface area (Å²) in [7, 11) is -1.79. The summed E-state index contributed by atoms with van der Waals surface area (Å²) < 4.78 is 29.3. The summed E-state index contributed by atoms with van der Waals surface area (Å²) >= 11 is 0. The number of hydrogen-bond acceptors (Lipinski definition) is 5. The van der Waals surface area contributed by atoms with Crippen molar-refractivity contribution in [2.24, 2.45) is 9.50 Å². The van der Waals surface area contributed by atoms with E-state index < -0.39 is 15.9 Å². The maximum absolute atomic E-state index is 13.0. The number of urea groups is 1. The van der Waals surface area contributed by atoms with Crippen LogP contribution in [-0.2, 0) is 40.5 Å². The van der Waals surface area contributed by atoms with E-state index in [2.05, 4.69) is 20.8 Å². The minimum atomic E-state index is -3.48. The number of nitrogens with two attached hydrogens (primary N) is 1. The average molecular weight is 432 g/mol. The monoisotopic (exact) mass is 431 g/mol. The van der Waals surface area contributed by atoms with Crippen LogP contribution in [0.4, 0.5) is 10.5 Å². The van der Waals surface area contributed by atoms with Gasteiger partial charge in [-0.1, -0.05) is 6.07 Å². The Labute approximate surface area is 175 Å². The highest BCUT2D eigenvalue weighted by Gasteiger charge is 2.31. The van der Waals surface area contributed by atoms with Crippen molar-refractivity contribution in [2.75, 3.05) is 25.6 Å². The van der Waals surface area contributed by atoms with Gasteiger partial charge in [-0.3, -0.25) is 0 Å². The number of aryl methyl sites for hydroxylation is 2. The lowest BCUT2D eigenvalue weighted by molar-refractivity contribution is 0.179. The predicted octanol–water partition coefficient (Wildman–Crippen LogP) is 2.37. The van der Waals surface area contributed by atoms with Crippen LogP contribution in [-0.4, -0.2) is 40.3 Å². The van der Waals surface area contributed by atoms with Gasteiger partial charge in [0.2, 0.25) is 5.88 Å². The molecule has 2 heterocycles. The van der Waals surface area contributed by atoms with Gasteiger partial charge in [0, 0.05) is 18.7 Å². The number of benzene rings is 1. The number of methoxy groups -OCH3 is 1. The number of amides is 2. The Kier molecular flexibility index (Phi) is 4.79. The van der Waals surface area contributed by atoms with Gasteiger partial charge in [0.15, 0.2) is 9.92 Å². The molecule has 3 N–H and O–H groups in total. The summed E-state index contributed by atoms with van der Waals surface area (Å²) in [4.78, 5) is 13.0. The average Bonchev–Trinajstić information content (AvgIpc) is 3.45. The highest BCUT2D eigenvalue weighted by Crippen LogP contribution is 2.44. The van der Waals surface area contributed by atoms with Gasteiger partial charge in [-0.05, 0) is 54.4 Å². The number of nitrogens with one attached hydrogen (secondary N) is 1. The molecule has 0 saturated heterocycles. The van der Waals surface area contributed by atoms with Gasteiger partial charge in [-0.25, -0.2) is 18.8 Å². The van der Waals surface area contributed by atoms with Crippen molar-refractivity contribution >= 4 is 21.6 Å². The Morgan fingerprint density at radius 2 is 2.30 bits per heavy atom. The van der Waals surface area contributed by atoms with Gasteiger partial charge in [0.1, 0.15) is 11.5 Å². The lowest BCUT2D eigenvalue weighted by Crippen LogP contribution is -2.19. The summed E-state index contributed by atoms with van der Waals surface area (Å²) in [6.07, 6.45) is 6.27. The molecule has 0 saturated carbocycles. The molecule has 2 atom stereocenters. The topological polar surface area (TPSA) is 121 Å². The number of hydrogen-bond donors (Lipinski definition) is 2. The highest BCUT2D eigenvalue weighted by atomic mass is 32.2. The first-order valence-corrected chi connectivity index (χ1v) is 11.8. The molecular weight excluding hydrogens is 406 g/mol. The van der Waals surface area contributed by atoms with Crippen LogP contribution in [0.5, 0.6) is 5.88 Å². The fourth-order valence-corrected chi connectivity index (χ4v) is 5.88. The number of nitrogens with zero attached hydrogens (tertiary/aromatic N) is 3. The molecule has 5 rings (SSSR count). The summed E-state index contributed by atoms with van der Waals surface area (Å²) in [5.74, 6) is 0.543. The SMILES string of the molecule is COC[C@H]1CCc2cc3c(c(NC(=O)N=S(N)(=O)c4cnn5c4OCC5)c21)CCC3. The van der Waals surface area contributed by atoms with Crippen molar-refractivity contribution in [3.8, 4) is 5.88 Å². The van der Waals surface area contributed by atoms with Gasteiger partial charge >= 0.3 is 6.03 Å². The zero-order valence-electron chi connectivity index (χ0n) is 16.8. The smallest absolute Gasteiger partial charge is 0.354 e. The summed E-state index contributed by atoms with van der Waals surface area (Å²) in [6.45, 7) is 1.58. The first-order valence-electron chi connectivity index (χ1n) is 10.2. The summed E-state index contributed by atoms with van der Waals surface area (Å²) in [6, 6.07) is 1.56. The van der Waals surface area contributed by atoms with E-state index in [1.807, 2.05) is 0 Å². The van der Waals surface area contributed by atoms with Crippen LogP contribution in [0, 0.1) is 0 Å². The van der Waals surface area contributed by atoms with E-state index in [9.17, 15) is 9.00 Å². The van der Waals surface area contributed by atoms with Crippen LogP contribution < -0.4 is 15.2 Å². The number of anilines is 1. The molecule has 0 fully saturated rings. The van der Waals surface area contributed by atoms with E-state index in [1.54, 1.807) is 11.8 Å². The first kappa shape index (κ1) is 19.5. The molecule has 3 aliphatic rings. The Bertz CT molecular complexity index is 1150. The number of carbonyl (C=O) groups is 1. The second-order valence-electron chi connectivity index (χ2n) is 7.98. The normalized spacial score (nSPS) is 20.8. The fraction of sp³-hybridized carbons (Fsp3) is 0.500. The predicted molar refractivity (Wildman–Crippen MR) is 111 cm³/mol. The van der Waals surface area contributed by atoms with Crippen LogP contribution in [0.25, 0.3) is 0 Å². The van der Waals surface area contributed by atoms with Gasteiger partial charge in [0.25, 0.3) is 0 Å². The van der Waals surface area contributed by atoms with Crippen LogP contribution in [0.1, 0.15) is 41.0 Å². The lowest BCUT2D eigenvalue weighted by atomic mass is 9.94. The van der Waals surface area contributed by atoms with Crippen molar-refractivity contribution in [3.63, 3.8) is 0 Å². The number of aromatic nitrogens is 2. The van der Waals surface area contributed by atoms with Crippen LogP contribution in [0.15, 0.2) is 21.5 Å². The molecule has 30 heavy (non-hydrogen) atoms. The van der Waals surface area contributed by atoms with Crippen LogP contribution in [0.2, 0.25) is 0 Å². The standard InChI is InChI=1S/C20H25N5O4S/c1-28-11-14-6-5-13-9-12-3-2-4-15(12)18(17(13)14)23-20(26)24-30(21,27)16-10-22-25-7-8-29-19(16)25/h9-10,14H,2-8,11H2,1H3,(H3,21,23,24,26,27)/t14-,30?/m1/s1. The van der Waals surface area contributed by atoms with Crippen molar-refractivity contribution < 1.29 is 18.5 Å². The Hall–Kier alpha value is -2.43. The van der Waals surface area contributed by atoms with Gasteiger partial charge in [0.05, 0.1) is 19.3 Å². The molecular formula is C20H25N5O4S. The number of fused-ring (bicyclic) bond motifs is 3. The molecule has 1 unspecified atom stereocenters. The second kappa shape index (κ2) is 7.36. The molecule has 0 spiro atoms. The molecule has 10 heteroatoms. The van der Waals surface area contributed by atoms with E-state index in [-0.39, 0.29) is 10.8 Å². The molecule has 1 aliphatic heterocycles. The molecule has 9 nitrogen and oxygen atoms in total. The Morgan fingerprint density at radius 1 is 1.43 bits per heavy atom. The molecule has 0 bridgehead atoms. The van der Waals surface area contributed by atoms with E-state index in [0.717, 1.165) is 48.9 Å². The molecule has 1 aromatic heterocycles. The third kappa shape index (κ3) is 3.19. The minimum absolute atomic E-state index is 0.149. The van der Waals surface area contributed by atoms with E-state index in [4.69, 9.17) is 14.6 Å². The molecule has 2 aliphatic carbocycles. The lowest BCUT2D eigenvalue weighted by Gasteiger charge is -2.19. The van der Waals surface area contributed by atoms with E-state index in [0.29, 0.717) is 25.6 Å². The largest absolute Gasteiger partial charge is 0.475 e. The van der Waals surface area contributed by atoms with Gasteiger partial charge in [-0.2, -0.15) is 5.10 Å². The van der Waals surface area contributed by atoms with Gasteiger partial charge in [-0.15, -0.1) is 4.36 Å². The highest BCUT2D eigenvalue weighted by molar-refractivity contribution is 7.91. The molecule has 160 valence electrons. The van der Waals surface area contributed by atoms with Gasteiger partial charge < -0.3 is 14.8 Å². The quantitative estimate of drug-likeness (QED) is 0.770. The maximum atomic E-state index is 13.0. The Balaban J connectivity index is 1.51. The second-order valence-corrected chi connectivity index (χ2v) is 9.74. The van der Waals surface area contributed by atoms with Crippen molar-refractivity contribution in [3.05, 3.63) is 34.5 Å². The van der Waals surface area contributed by atoms with Crippen LogP contribution >= 0.6 is 0 Å². The summed E-state index contributed by atoms with van der Waals surface area (Å²) in [5.41, 5.74) is 5.61. The molecule has 2 aromatic rings. The van der Waals surface area contributed by atoms with E-state index >= 15 is 0 Å².